The molecule has 1 amide bonds. The third kappa shape index (κ3) is 4.35. The molecule has 1 aromatic rings. The molecule has 2 N–H and O–H groups in total. The molecule has 18 heavy (non-hydrogen) atoms. The molecule has 1 aromatic heterocycles. The summed E-state index contributed by atoms with van der Waals surface area (Å²) < 4.78 is 0. The summed E-state index contributed by atoms with van der Waals surface area (Å²) in [4.78, 5) is 16.3. The van der Waals surface area contributed by atoms with Crippen LogP contribution in [0.1, 0.15) is 50.4 Å². The SMILES string of the molecule is CCCCC(C)NC(=O)c1cccnc1NCC. The molecule has 0 aliphatic heterocycles. The van der Waals surface area contributed by atoms with E-state index in [0.29, 0.717) is 11.4 Å². The average Bonchev–Trinajstić information content (AvgIpc) is 2.37. The smallest absolute Gasteiger partial charge is 0.255 e. The summed E-state index contributed by atoms with van der Waals surface area (Å²) in [5.41, 5.74) is 0.614. The molecule has 0 saturated heterocycles. The van der Waals surface area contributed by atoms with Crippen LogP contribution in [0.3, 0.4) is 0 Å². The van der Waals surface area contributed by atoms with E-state index in [9.17, 15) is 4.79 Å². The molecule has 1 atom stereocenters. The lowest BCUT2D eigenvalue weighted by atomic mass is 10.1. The van der Waals surface area contributed by atoms with Gasteiger partial charge in [-0.05, 0) is 32.4 Å². The van der Waals surface area contributed by atoms with E-state index in [-0.39, 0.29) is 11.9 Å². The molecular formula is C14H23N3O. The van der Waals surface area contributed by atoms with Crippen molar-refractivity contribution in [2.45, 2.75) is 46.1 Å². The normalized spacial score (nSPS) is 11.9. The maximum absolute atomic E-state index is 12.1. The van der Waals surface area contributed by atoms with E-state index in [4.69, 9.17) is 0 Å². The Hall–Kier alpha value is -1.58. The van der Waals surface area contributed by atoms with Gasteiger partial charge in [0.25, 0.3) is 5.91 Å². The zero-order valence-corrected chi connectivity index (χ0v) is 11.5. The van der Waals surface area contributed by atoms with Crippen molar-refractivity contribution in [3.05, 3.63) is 23.9 Å². The Balaban J connectivity index is 2.65. The van der Waals surface area contributed by atoms with Crippen LogP contribution in [0.25, 0.3) is 0 Å². The van der Waals surface area contributed by atoms with Gasteiger partial charge in [0.15, 0.2) is 0 Å². The summed E-state index contributed by atoms with van der Waals surface area (Å²) in [5, 5.41) is 6.11. The second kappa shape index (κ2) is 7.69. The van der Waals surface area contributed by atoms with E-state index < -0.39 is 0 Å². The van der Waals surface area contributed by atoms with E-state index in [2.05, 4.69) is 22.5 Å². The highest BCUT2D eigenvalue weighted by atomic mass is 16.1. The Bertz CT molecular complexity index is 379. The number of pyridine rings is 1. The molecular weight excluding hydrogens is 226 g/mol. The molecule has 0 saturated carbocycles. The van der Waals surface area contributed by atoms with Crippen LogP contribution in [0.4, 0.5) is 5.82 Å². The molecule has 0 aliphatic carbocycles. The van der Waals surface area contributed by atoms with Gasteiger partial charge in [-0.1, -0.05) is 19.8 Å². The summed E-state index contributed by atoms with van der Waals surface area (Å²) in [6, 6.07) is 3.78. The van der Waals surface area contributed by atoms with Gasteiger partial charge in [0.05, 0.1) is 5.56 Å². The van der Waals surface area contributed by atoms with Crippen LogP contribution in [-0.2, 0) is 0 Å². The quantitative estimate of drug-likeness (QED) is 0.781. The molecule has 1 heterocycles. The van der Waals surface area contributed by atoms with E-state index in [1.165, 1.54) is 0 Å². The number of nitrogens with one attached hydrogen (secondary N) is 2. The number of amides is 1. The van der Waals surface area contributed by atoms with Gasteiger partial charge in [-0.25, -0.2) is 4.98 Å². The van der Waals surface area contributed by atoms with Crippen LogP contribution in [0.5, 0.6) is 0 Å². The largest absolute Gasteiger partial charge is 0.370 e. The third-order valence-corrected chi connectivity index (χ3v) is 2.76. The van der Waals surface area contributed by atoms with Crippen molar-refractivity contribution in [3.63, 3.8) is 0 Å². The van der Waals surface area contributed by atoms with Crippen LogP contribution < -0.4 is 10.6 Å². The van der Waals surface area contributed by atoms with Gasteiger partial charge >= 0.3 is 0 Å². The zero-order valence-electron chi connectivity index (χ0n) is 11.5. The topological polar surface area (TPSA) is 54.0 Å². The highest BCUT2D eigenvalue weighted by molar-refractivity contribution is 5.98. The number of rotatable bonds is 7. The molecule has 0 spiro atoms. The Labute approximate surface area is 109 Å². The number of anilines is 1. The van der Waals surface area contributed by atoms with Gasteiger partial charge in [0.1, 0.15) is 5.82 Å². The lowest BCUT2D eigenvalue weighted by molar-refractivity contribution is 0.0938. The lowest BCUT2D eigenvalue weighted by Gasteiger charge is -2.15. The van der Waals surface area contributed by atoms with E-state index in [1.54, 1.807) is 18.3 Å². The number of unbranched alkanes of at least 4 members (excludes halogenated alkanes) is 1. The van der Waals surface area contributed by atoms with Crippen LogP contribution in [0.2, 0.25) is 0 Å². The van der Waals surface area contributed by atoms with Gasteiger partial charge in [0.2, 0.25) is 0 Å². The minimum absolute atomic E-state index is 0.0531. The number of aromatic nitrogens is 1. The predicted molar refractivity (Wildman–Crippen MR) is 74.9 cm³/mol. The van der Waals surface area contributed by atoms with Crippen LogP contribution in [0.15, 0.2) is 18.3 Å². The van der Waals surface area contributed by atoms with Crippen molar-refractivity contribution in [2.24, 2.45) is 0 Å². The standard InChI is InChI=1S/C14H23N3O/c1-4-6-8-11(3)17-14(18)12-9-7-10-16-13(12)15-5-2/h7,9-11H,4-6,8H2,1-3H3,(H,15,16)(H,17,18). The summed E-state index contributed by atoms with van der Waals surface area (Å²) in [6.07, 6.45) is 4.98. The molecule has 0 fully saturated rings. The second-order valence-corrected chi connectivity index (χ2v) is 4.45. The number of carbonyl (C=O) groups excluding carboxylic acids is 1. The maximum Gasteiger partial charge on any atom is 0.255 e. The molecule has 0 bridgehead atoms. The summed E-state index contributed by atoms with van der Waals surface area (Å²) >= 11 is 0. The van der Waals surface area contributed by atoms with Crippen molar-refractivity contribution in [1.82, 2.24) is 10.3 Å². The fraction of sp³-hybridized carbons (Fsp3) is 0.571. The molecule has 100 valence electrons. The fourth-order valence-electron chi connectivity index (χ4n) is 1.78. The molecule has 4 heteroatoms. The van der Waals surface area contributed by atoms with E-state index in [1.807, 2.05) is 13.8 Å². The third-order valence-electron chi connectivity index (χ3n) is 2.76. The Morgan fingerprint density at radius 1 is 1.44 bits per heavy atom. The predicted octanol–water partition coefficient (Wildman–Crippen LogP) is 2.82. The number of nitrogens with zero attached hydrogens (tertiary/aromatic N) is 1. The Kier molecular flexibility index (Phi) is 6.19. The first-order valence-corrected chi connectivity index (χ1v) is 6.68. The van der Waals surface area contributed by atoms with Crippen molar-refractivity contribution in [1.29, 1.82) is 0 Å². The summed E-state index contributed by atoms with van der Waals surface area (Å²) in [6.45, 7) is 6.93. The first kappa shape index (κ1) is 14.5. The first-order valence-electron chi connectivity index (χ1n) is 6.68. The molecule has 0 aliphatic rings. The monoisotopic (exact) mass is 249 g/mol. The van der Waals surface area contributed by atoms with Crippen molar-refractivity contribution in [2.75, 3.05) is 11.9 Å². The fourth-order valence-corrected chi connectivity index (χ4v) is 1.78. The van der Waals surface area contributed by atoms with Gasteiger partial charge in [-0.3, -0.25) is 4.79 Å². The number of hydrogen-bond donors (Lipinski definition) is 2. The molecule has 1 rings (SSSR count). The zero-order chi connectivity index (χ0) is 13.4. The lowest BCUT2D eigenvalue weighted by Crippen LogP contribution is -2.33. The van der Waals surface area contributed by atoms with Crippen LogP contribution >= 0.6 is 0 Å². The van der Waals surface area contributed by atoms with Crippen molar-refractivity contribution in [3.8, 4) is 0 Å². The minimum Gasteiger partial charge on any atom is -0.370 e. The van der Waals surface area contributed by atoms with E-state index >= 15 is 0 Å². The highest BCUT2D eigenvalue weighted by Gasteiger charge is 2.13. The highest BCUT2D eigenvalue weighted by Crippen LogP contribution is 2.11. The molecule has 0 radical (unpaired) electrons. The Morgan fingerprint density at radius 3 is 2.89 bits per heavy atom. The number of carbonyl (C=O) groups is 1. The summed E-state index contributed by atoms with van der Waals surface area (Å²) in [7, 11) is 0. The van der Waals surface area contributed by atoms with Gasteiger partial charge < -0.3 is 10.6 Å². The van der Waals surface area contributed by atoms with Gasteiger partial charge in [-0.2, -0.15) is 0 Å². The first-order chi connectivity index (χ1) is 8.69. The molecule has 4 nitrogen and oxygen atoms in total. The maximum atomic E-state index is 12.1. The molecule has 1 unspecified atom stereocenters. The van der Waals surface area contributed by atoms with Gasteiger partial charge in [0, 0.05) is 18.8 Å². The van der Waals surface area contributed by atoms with Crippen molar-refractivity contribution < 1.29 is 4.79 Å². The van der Waals surface area contributed by atoms with Crippen LogP contribution in [0, 0.1) is 0 Å². The number of hydrogen-bond acceptors (Lipinski definition) is 3. The van der Waals surface area contributed by atoms with Crippen LogP contribution in [-0.4, -0.2) is 23.5 Å². The average molecular weight is 249 g/mol. The van der Waals surface area contributed by atoms with Gasteiger partial charge in [-0.15, -0.1) is 0 Å². The summed E-state index contributed by atoms with van der Waals surface area (Å²) in [5.74, 6) is 0.600. The molecule has 0 aromatic carbocycles. The van der Waals surface area contributed by atoms with E-state index in [0.717, 1.165) is 25.8 Å². The minimum atomic E-state index is -0.0531. The second-order valence-electron chi connectivity index (χ2n) is 4.45. The Morgan fingerprint density at radius 2 is 2.22 bits per heavy atom. The van der Waals surface area contributed by atoms with Crippen molar-refractivity contribution >= 4 is 11.7 Å².